The predicted octanol–water partition coefficient (Wildman–Crippen LogP) is 1.92. The molecule has 17 heavy (non-hydrogen) atoms. The summed E-state index contributed by atoms with van der Waals surface area (Å²) < 4.78 is 5.51. The number of rotatable bonds is 6. The number of hydrogen-bond acceptors (Lipinski definition) is 4. The molecular weight excluding hydrogens is 220 g/mol. The van der Waals surface area contributed by atoms with Crippen molar-refractivity contribution in [1.82, 2.24) is 4.98 Å². The van der Waals surface area contributed by atoms with Crippen molar-refractivity contribution in [1.29, 1.82) is 0 Å². The first-order valence-corrected chi connectivity index (χ1v) is 5.34. The number of aliphatic carboxylic acids is 1. The third-order valence-electron chi connectivity index (χ3n) is 1.79. The molecule has 1 aromatic rings. The topological polar surface area (TPSA) is 71.5 Å². The lowest BCUT2D eigenvalue weighted by atomic mass is 10.3. The highest BCUT2D eigenvalue weighted by Gasteiger charge is 2.04. The smallest absolute Gasteiger partial charge is 0.328 e. The van der Waals surface area contributed by atoms with E-state index < -0.39 is 5.97 Å². The number of nitrogens with one attached hydrogen (secondary N) is 1. The minimum atomic E-state index is -0.961. The van der Waals surface area contributed by atoms with Crippen molar-refractivity contribution in [3.8, 4) is 5.88 Å². The average molecular weight is 236 g/mol. The Bertz CT molecular complexity index is 402. The van der Waals surface area contributed by atoms with Gasteiger partial charge in [-0.05, 0) is 26.0 Å². The first-order valence-electron chi connectivity index (χ1n) is 5.34. The van der Waals surface area contributed by atoms with E-state index in [1.807, 2.05) is 19.9 Å². The van der Waals surface area contributed by atoms with Crippen molar-refractivity contribution < 1.29 is 14.6 Å². The highest BCUT2D eigenvalue weighted by atomic mass is 16.5. The number of anilines is 1. The van der Waals surface area contributed by atoms with Gasteiger partial charge in [0.1, 0.15) is 0 Å². The van der Waals surface area contributed by atoms with Crippen LogP contribution >= 0.6 is 0 Å². The van der Waals surface area contributed by atoms with Crippen molar-refractivity contribution in [2.45, 2.75) is 20.0 Å². The quantitative estimate of drug-likeness (QED) is 0.738. The molecule has 0 unspecified atom stereocenters. The molecule has 0 spiro atoms. The van der Waals surface area contributed by atoms with Crippen LogP contribution < -0.4 is 10.1 Å². The number of pyridine rings is 1. The van der Waals surface area contributed by atoms with Crippen molar-refractivity contribution in [2.24, 2.45) is 0 Å². The van der Waals surface area contributed by atoms with Gasteiger partial charge in [-0.1, -0.05) is 6.08 Å². The molecule has 0 saturated carbocycles. The number of carboxylic acids is 1. The zero-order valence-electron chi connectivity index (χ0n) is 9.88. The minimum Gasteiger partial charge on any atom is -0.478 e. The number of nitrogens with zero attached hydrogens (tertiary/aromatic N) is 1. The Morgan fingerprint density at radius 1 is 1.65 bits per heavy atom. The van der Waals surface area contributed by atoms with Gasteiger partial charge in [0.05, 0.1) is 11.8 Å². The van der Waals surface area contributed by atoms with Gasteiger partial charge in [0.15, 0.2) is 0 Å². The van der Waals surface area contributed by atoms with Crippen LogP contribution in [0.3, 0.4) is 0 Å². The van der Waals surface area contributed by atoms with E-state index in [4.69, 9.17) is 9.84 Å². The van der Waals surface area contributed by atoms with Crippen molar-refractivity contribution in [3.63, 3.8) is 0 Å². The van der Waals surface area contributed by atoms with Crippen LogP contribution in [0, 0.1) is 0 Å². The lowest BCUT2D eigenvalue weighted by Crippen LogP contribution is -2.10. The maximum atomic E-state index is 10.3. The second-order valence-corrected chi connectivity index (χ2v) is 3.64. The first-order chi connectivity index (χ1) is 8.09. The molecule has 0 fully saturated rings. The Hall–Kier alpha value is -2.04. The molecule has 1 heterocycles. The van der Waals surface area contributed by atoms with E-state index in [-0.39, 0.29) is 6.10 Å². The molecule has 5 nitrogen and oxygen atoms in total. The fourth-order valence-electron chi connectivity index (χ4n) is 1.17. The van der Waals surface area contributed by atoms with Gasteiger partial charge in [0.25, 0.3) is 0 Å². The molecule has 5 heteroatoms. The van der Waals surface area contributed by atoms with Crippen LogP contribution in [0.2, 0.25) is 0 Å². The average Bonchev–Trinajstić information content (AvgIpc) is 2.25. The summed E-state index contributed by atoms with van der Waals surface area (Å²) in [6, 6.07) is 3.62. The van der Waals surface area contributed by atoms with Crippen LogP contribution in [0.1, 0.15) is 13.8 Å². The molecule has 0 bridgehead atoms. The molecule has 1 aromatic heterocycles. The Balaban J connectivity index is 2.60. The van der Waals surface area contributed by atoms with Gasteiger partial charge < -0.3 is 15.2 Å². The molecule has 0 aliphatic heterocycles. The van der Waals surface area contributed by atoms with Gasteiger partial charge in [0, 0.05) is 18.8 Å². The second-order valence-electron chi connectivity index (χ2n) is 3.64. The van der Waals surface area contributed by atoms with Crippen LogP contribution in [-0.2, 0) is 4.79 Å². The third kappa shape index (κ3) is 5.01. The molecule has 0 saturated heterocycles. The van der Waals surface area contributed by atoms with Gasteiger partial charge in [-0.2, -0.15) is 0 Å². The van der Waals surface area contributed by atoms with Crippen LogP contribution in [0.4, 0.5) is 5.69 Å². The Morgan fingerprint density at radius 3 is 3.06 bits per heavy atom. The van der Waals surface area contributed by atoms with Gasteiger partial charge in [-0.15, -0.1) is 0 Å². The molecule has 0 aliphatic rings. The van der Waals surface area contributed by atoms with Gasteiger partial charge in [-0.3, -0.25) is 0 Å². The van der Waals surface area contributed by atoms with Crippen LogP contribution in [-0.4, -0.2) is 28.7 Å². The molecular formula is C12H16N2O3. The summed E-state index contributed by atoms with van der Waals surface area (Å²) in [5, 5.41) is 11.5. The summed E-state index contributed by atoms with van der Waals surface area (Å²) in [7, 11) is 0. The fourth-order valence-corrected chi connectivity index (χ4v) is 1.17. The zero-order valence-corrected chi connectivity index (χ0v) is 9.88. The summed E-state index contributed by atoms with van der Waals surface area (Å²) in [6.45, 7) is 4.25. The minimum absolute atomic E-state index is 0.0417. The number of carboxylic acid groups (broad SMARTS) is 1. The van der Waals surface area contributed by atoms with E-state index in [1.54, 1.807) is 12.3 Å². The number of hydrogen-bond donors (Lipinski definition) is 2. The molecule has 0 aliphatic carbocycles. The van der Waals surface area contributed by atoms with Crippen molar-refractivity contribution >= 4 is 11.7 Å². The molecule has 1 rings (SSSR count). The summed E-state index contributed by atoms with van der Waals surface area (Å²) in [5.74, 6) is -0.442. The number of ether oxygens (including phenoxy) is 1. The Labute approximate surface area is 100 Å². The van der Waals surface area contributed by atoms with E-state index in [0.717, 1.165) is 11.8 Å². The third-order valence-corrected chi connectivity index (χ3v) is 1.79. The summed E-state index contributed by atoms with van der Waals surface area (Å²) in [5.41, 5.74) is 0.747. The molecule has 0 aromatic carbocycles. The van der Waals surface area contributed by atoms with E-state index in [1.165, 1.54) is 6.08 Å². The van der Waals surface area contributed by atoms with E-state index in [2.05, 4.69) is 10.3 Å². The number of aromatic nitrogens is 1. The number of carbonyl (C=O) groups is 1. The highest BCUT2D eigenvalue weighted by Crippen LogP contribution is 2.21. The maximum Gasteiger partial charge on any atom is 0.328 e. The maximum absolute atomic E-state index is 10.3. The fraction of sp³-hybridized carbons (Fsp3) is 0.333. The Kier molecular flexibility index (Phi) is 5.00. The molecule has 2 N–H and O–H groups in total. The zero-order chi connectivity index (χ0) is 12.7. The van der Waals surface area contributed by atoms with Crippen LogP contribution in [0.15, 0.2) is 30.5 Å². The highest BCUT2D eigenvalue weighted by molar-refractivity contribution is 5.79. The monoisotopic (exact) mass is 236 g/mol. The summed E-state index contributed by atoms with van der Waals surface area (Å²) >= 11 is 0. The molecule has 0 atom stereocenters. The largest absolute Gasteiger partial charge is 0.478 e. The summed E-state index contributed by atoms with van der Waals surface area (Å²) in [6.07, 6.45) is 4.30. The second kappa shape index (κ2) is 6.52. The normalized spacial score (nSPS) is 10.8. The molecule has 92 valence electrons. The van der Waals surface area contributed by atoms with Crippen molar-refractivity contribution in [3.05, 3.63) is 30.5 Å². The lowest BCUT2D eigenvalue weighted by Gasteiger charge is -2.13. The first kappa shape index (κ1) is 13.0. The molecule has 0 radical (unpaired) electrons. The van der Waals surface area contributed by atoms with E-state index >= 15 is 0 Å². The standard InChI is InChI=1S/C12H16N2O3/c1-9(2)17-12-10(5-3-8-14-12)13-7-4-6-11(15)16/h3-6,8-9,13H,7H2,1-2H3,(H,15,16)/b6-4+. The van der Waals surface area contributed by atoms with Crippen molar-refractivity contribution in [2.75, 3.05) is 11.9 Å². The van der Waals surface area contributed by atoms with Crippen LogP contribution in [0.5, 0.6) is 5.88 Å². The van der Waals surface area contributed by atoms with Crippen LogP contribution in [0.25, 0.3) is 0 Å². The van der Waals surface area contributed by atoms with Gasteiger partial charge in [-0.25, -0.2) is 9.78 Å². The Morgan fingerprint density at radius 2 is 2.41 bits per heavy atom. The van der Waals surface area contributed by atoms with Gasteiger partial charge >= 0.3 is 5.97 Å². The molecule has 0 amide bonds. The van der Waals surface area contributed by atoms with E-state index in [0.29, 0.717) is 12.4 Å². The SMILES string of the molecule is CC(C)Oc1ncccc1NC/C=C/C(=O)O. The lowest BCUT2D eigenvalue weighted by molar-refractivity contribution is -0.131. The van der Waals surface area contributed by atoms with Gasteiger partial charge in [0.2, 0.25) is 5.88 Å². The summed E-state index contributed by atoms with van der Waals surface area (Å²) in [4.78, 5) is 14.4. The predicted molar refractivity (Wildman–Crippen MR) is 65.3 cm³/mol. The van der Waals surface area contributed by atoms with E-state index in [9.17, 15) is 4.79 Å².